The number of carboxylic acids is 1. The molecule has 1 amide bonds. The minimum absolute atomic E-state index is 0.0115. The lowest BCUT2D eigenvalue weighted by Crippen LogP contribution is -2.12. The van der Waals surface area contributed by atoms with Gasteiger partial charge in [0.25, 0.3) is 0 Å². The lowest BCUT2D eigenvalue weighted by molar-refractivity contribution is -0.136. The minimum atomic E-state index is -0.865. The van der Waals surface area contributed by atoms with Gasteiger partial charge in [0.05, 0.1) is 12.1 Å². The van der Waals surface area contributed by atoms with Crippen LogP contribution in [0.4, 0.5) is 11.4 Å². The van der Waals surface area contributed by atoms with Crippen LogP contribution in [0.1, 0.15) is 17.0 Å². The van der Waals surface area contributed by atoms with E-state index >= 15 is 0 Å². The molecule has 0 aromatic heterocycles. The van der Waals surface area contributed by atoms with Gasteiger partial charge in [-0.05, 0) is 29.3 Å². The smallest absolute Gasteiger partial charge is 0.307 e. The van der Waals surface area contributed by atoms with E-state index in [9.17, 15) is 9.59 Å². The van der Waals surface area contributed by atoms with Gasteiger partial charge in [0.1, 0.15) is 5.92 Å². The van der Waals surface area contributed by atoms with E-state index in [4.69, 9.17) is 5.11 Å². The summed E-state index contributed by atoms with van der Waals surface area (Å²) in [5.74, 6) is -1.35. The van der Waals surface area contributed by atoms with Crippen molar-refractivity contribution in [3.63, 3.8) is 0 Å². The van der Waals surface area contributed by atoms with E-state index in [1.807, 2.05) is 24.3 Å². The number of aliphatic imine (C=N–C) groups is 1. The average molecular weight is 294 g/mol. The molecule has 2 aromatic carbocycles. The Morgan fingerprint density at radius 2 is 1.91 bits per heavy atom. The molecule has 0 saturated carbocycles. The maximum Gasteiger partial charge on any atom is 0.307 e. The van der Waals surface area contributed by atoms with Gasteiger partial charge in [-0.1, -0.05) is 30.3 Å². The lowest BCUT2D eigenvalue weighted by atomic mass is 10.0. The Kier molecular flexibility index (Phi) is 3.70. The average Bonchev–Trinajstić information content (AvgIpc) is 2.81. The number of hydrogen-bond donors (Lipinski definition) is 2. The molecule has 3 rings (SSSR count). The Balaban J connectivity index is 1.77. The van der Waals surface area contributed by atoms with Gasteiger partial charge in [0, 0.05) is 11.9 Å². The number of nitrogens with zero attached hydrogens (tertiary/aromatic N) is 1. The number of rotatable bonds is 4. The highest BCUT2D eigenvalue weighted by Crippen LogP contribution is 2.31. The van der Waals surface area contributed by atoms with E-state index in [0.29, 0.717) is 5.69 Å². The summed E-state index contributed by atoms with van der Waals surface area (Å²) >= 11 is 0. The number of anilines is 1. The molecule has 5 nitrogen and oxygen atoms in total. The number of carbonyl (C=O) groups excluding carboxylic acids is 1. The van der Waals surface area contributed by atoms with E-state index in [0.717, 1.165) is 16.8 Å². The summed E-state index contributed by atoms with van der Waals surface area (Å²) in [6.07, 6.45) is 1.61. The minimum Gasteiger partial charge on any atom is -0.481 e. The summed E-state index contributed by atoms with van der Waals surface area (Å²) in [4.78, 5) is 26.9. The third kappa shape index (κ3) is 2.88. The maximum atomic E-state index is 12.0. The van der Waals surface area contributed by atoms with Crippen molar-refractivity contribution in [2.45, 2.75) is 12.3 Å². The van der Waals surface area contributed by atoms with Crippen molar-refractivity contribution in [1.82, 2.24) is 0 Å². The zero-order valence-electron chi connectivity index (χ0n) is 11.7. The molecule has 2 N–H and O–H groups in total. The molecule has 1 atom stereocenters. The highest BCUT2D eigenvalue weighted by molar-refractivity contribution is 6.12. The van der Waals surface area contributed by atoms with Crippen LogP contribution in [-0.4, -0.2) is 23.2 Å². The van der Waals surface area contributed by atoms with Crippen molar-refractivity contribution >= 4 is 29.5 Å². The van der Waals surface area contributed by atoms with E-state index in [1.54, 1.807) is 30.5 Å². The second-order valence-electron chi connectivity index (χ2n) is 5.07. The van der Waals surface area contributed by atoms with Gasteiger partial charge in [0.2, 0.25) is 5.91 Å². The molecule has 0 aliphatic carbocycles. The molecule has 0 radical (unpaired) electrons. The van der Waals surface area contributed by atoms with Crippen LogP contribution in [0, 0.1) is 0 Å². The zero-order valence-corrected chi connectivity index (χ0v) is 11.7. The summed E-state index contributed by atoms with van der Waals surface area (Å²) in [6, 6.07) is 14.5. The Morgan fingerprint density at radius 1 is 1.18 bits per heavy atom. The molecule has 110 valence electrons. The molecule has 1 aliphatic heterocycles. The first-order chi connectivity index (χ1) is 10.6. The quantitative estimate of drug-likeness (QED) is 0.851. The van der Waals surface area contributed by atoms with Gasteiger partial charge in [-0.15, -0.1) is 0 Å². The van der Waals surface area contributed by atoms with Crippen molar-refractivity contribution in [3.05, 3.63) is 59.7 Å². The van der Waals surface area contributed by atoms with Crippen molar-refractivity contribution in [3.8, 4) is 0 Å². The molecule has 5 heteroatoms. The molecular weight excluding hydrogens is 280 g/mol. The summed E-state index contributed by atoms with van der Waals surface area (Å²) < 4.78 is 0. The molecule has 22 heavy (non-hydrogen) atoms. The third-order valence-electron chi connectivity index (χ3n) is 3.50. The number of amides is 1. The second-order valence-corrected chi connectivity index (χ2v) is 5.07. The van der Waals surface area contributed by atoms with Gasteiger partial charge in [-0.25, -0.2) is 0 Å². The first-order valence-electron chi connectivity index (χ1n) is 6.88. The van der Waals surface area contributed by atoms with Crippen molar-refractivity contribution in [2.75, 3.05) is 5.32 Å². The van der Waals surface area contributed by atoms with Crippen molar-refractivity contribution in [2.24, 2.45) is 4.99 Å². The Hall–Kier alpha value is -2.95. The van der Waals surface area contributed by atoms with Gasteiger partial charge >= 0.3 is 5.97 Å². The van der Waals surface area contributed by atoms with Crippen LogP contribution in [0.2, 0.25) is 0 Å². The fourth-order valence-electron chi connectivity index (χ4n) is 2.42. The normalized spacial score (nSPS) is 16.5. The highest BCUT2D eigenvalue weighted by atomic mass is 16.4. The van der Waals surface area contributed by atoms with E-state index in [1.165, 1.54) is 0 Å². The first kappa shape index (κ1) is 14.0. The summed E-state index contributed by atoms with van der Waals surface area (Å²) in [5.41, 5.74) is 3.14. The van der Waals surface area contributed by atoms with E-state index in [2.05, 4.69) is 10.3 Å². The molecule has 0 fully saturated rings. The predicted octanol–water partition coefficient (Wildman–Crippen LogP) is 2.75. The number of aliphatic carboxylic acids is 1. The van der Waals surface area contributed by atoms with Crippen LogP contribution in [0.5, 0.6) is 0 Å². The van der Waals surface area contributed by atoms with Crippen LogP contribution < -0.4 is 5.32 Å². The Morgan fingerprint density at radius 3 is 2.64 bits per heavy atom. The SMILES string of the molecule is O=C(O)Cc1ccc(N=CC2C(=O)Nc3ccccc32)cc1. The standard InChI is InChI=1S/C17H14N2O3/c20-16(21)9-11-5-7-12(8-6-11)18-10-14-13-3-1-2-4-15(13)19-17(14)22/h1-8,10,14H,9H2,(H,19,22)(H,20,21). The van der Waals surface area contributed by atoms with Gasteiger partial charge in [-0.3, -0.25) is 14.6 Å². The number of fused-ring (bicyclic) bond motifs is 1. The lowest BCUT2D eigenvalue weighted by Gasteiger charge is -2.02. The fourth-order valence-corrected chi connectivity index (χ4v) is 2.42. The number of para-hydroxylation sites is 1. The number of carboxylic acid groups (broad SMARTS) is 1. The van der Waals surface area contributed by atoms with Gasteiger partial charge in [-0.2, -0.15) is 0 Å². The van der Waals surface area contributed by atoms with E-state index < -0.39 is 11.9 Å². The van der Waals surface area contributed by atoms with Gasteiger partial charge < -0.3 is 10.4 Å². The number of benzene rings is 2. The zero-order chi connectivity index (χ0) is 15.5. The topological polar surface area (TPSA) is 78.8 Å². The van der Waals surface area contributed by atoms with Gasteiger partial charge in [0.15, 0.2) is 0 Å². The first-order valence-corrected chi connectivity index (χ1v) is 6.88. The van der Waals surface area contributed by atoms with Crippen LogP contribution >= 0.6 is 0 Å². The molecule has 0 saturated heterocycles. The molecule has 1 unspecified atom stereocenters. The number of carbonyl (C=O) groups is 2. The largest absolute Gasteiger partial charge is 0.481 e. The summed E-state index contributed by atoms with van der Waals surface area (Å²) in [6.45, 7) is 0. The van der Waals surface area contributed by atoms with Crippen LogP contribution in [0.3, 0.4) is 0 Å². The van der Waals surface area contributed by atoms with Crippen LogP contribution in [0.25, 0.3) is 0 Å². The molecular formula is C17H14N2O3. The van der Waals surface area contributed by atoms with Crippen LogP contribution in [0.15, 0.2) is 53.5 Å². The molecule has 0 spiro atoms. The Labute approximate surface area is 127 Å². The maximum absolute atomic E-state index is 12.0. The molecule has 2 aromatic rings. The Bertz CT molecular complexity index is 751. The number of nitrogens with one attached hydrogen (secondary N) is 1. The van der Waals surface area contributed by atoms with Crippen molar-refractivity contribution < 1.29 is 14.7 Å². The van der Waals surface area contributed by atoms with Crippen LogP contribution in [-0.2, 0) is 16.0 Å². The fraction of sp³-hybridized carbons (Fsp3) is 0.118. The highest BCUT2D eigenvalue weighted by Gasteiger charge is 2.28. The summed E-state index contributed by atoms with van der Waals surface area (Å²) in [5, 5.41) is 11.6. The molecule has 0 bridgehead atoms. The van der Waals surface area contributed by atoms with E-state index in [-0.39, 0.29) is 12.3 Å². The number of hydrogen-bond acceptors (Lipinski definition) is 3. The monoisotopic (exact) mass is 294 g/mol. The predicted molar refractivity (Wildman–Crippen MR) is 83.7 cm³/mol. The summed E-state index contributed by atoms with van der Waals surface area (Å²) in [7, 11) is 0. The molecule has 1 aliphatic rings. The second kappa shape index (κ2) is 5.81. The molecule has 1 heterocycles. The third-order valence-corrected chi connectivity index (χ3v) is 3.50. The van der Waals surface area contributed by atoms with Crippen molar-refractivity contribution in [1.29, 1.82) is 0 Å².